The van der Waals surface area contributed by atoms with Crippen molar-refractivity contribution in [3.05, 3.63) is 104 Å². The predicted molar refractivity (Wildman–Crippen MR) is 122 cm³/mol. The first kappa shape index (κ1) is 25.6. The van der Waals surface area contributed by atoms with Gasteiger partial charge in [0.1, 0.15) is 24.7 Å². The van der Waals surface area contributed by atoms with E-state index in [0.29, 0.717) is 12.4 Å². The van der Waals surface area contributed by atoms with Gasteiger partial charge in [-0.2, -0.15) is 0 Å². The van der Waals surface area contributed by atoms with Crippen molar-refractivity contribution in [2.24, 2.45) is 0 Å². The zero-order chi connectivity index (χ0) is 23.2. The van der Waals surface area contributed by atoms with Gasteiger partial charge in [0.25, 0.3) is 0 Å². The monoisotopic (exact) mass is 470 g/mol. The van der Waals surface area contributed by atoms with E-state index >= 15 is 0 Å². The molecule has 34 heavy (non-hydrogen) atoms. The van der Waals surface area contributed by atoms with Gasteiger partial charge >= 0.3 is 35.3 Å². The van der Waals surface area contributed by atoms with Crippen LogP contribution in [0.1, 0.15) is 16.7 Å². The SMILES string of the molecule is Cc1cc(OCCO)ccc1-c1cccc(COc2ccc(Cn3oc(=O)[n-]c3=O)cc2)c1.[Na+]. The van der Waals surface area contributed by atoms with Crippen molar-refractivity contribution in [3.63, 3.8) is 0 Å². The minimum Gasteiger partial charge on any atom is -0.491 e. The van der Waals surface area contributed by atoms with E-state index in [2.05, 4.69) is 11.1 Å². The summed E-state index contributed by atoms with van der Waals surface area (Å²) in [5.74, 6) is 0.512. The zero-order valence-electron chi connectivity index (χ0n) is 19.1. The van der Waals surface area contributed by atoms with Crippen LogP contribution < -0.4 is 55.5 Å². The molecule has 0 unspecified atom stereocenters. The Morgan fingerprint density at radius 1 is 0.941 bits per heavy atom. The third-order valence-electron chi connectivity index (χ3n) is 5.04. The van der Waals surface area contributed by atoms with Gasteiger partial charge in [0.2, 0.25) is 0 Å². The summed E-state index contributed by atoms with van der Waals surface area (Å²) in [4.78, 5) is 25.7. The van der Waals surface area contributed by atoms with Crippen molar-refractivity contribution < 1.29 is 48.7 Å². The van der Waals surface area contributed by atoms with Crippen LogP contribution in [0.4, 0.5) is 0 Å². The van der Waals surface area contributed by atoms with Gasteiger partial charge < -0.3 is 24.1 Å². The number of benzene rings is 3. The Balaban J connectivity index is 0.00000324. The molecule has 1 aromatic heterocycles. The fraction of sp³-hybridized carbons (Fsp3) is 0.200. The van der Waals surface area contributed by atoms with Crippen LogP contribution in [0.25, 0.3) is 11.1 Å². The zero-order valence-corrected chi connectivity index (χ0v) is 21.1. The second kappa shape index (κ2) is 11.9. The summed E-state index contributed by atoms with van der Waals surface area (Å²) >= 11 is 0. The van der Waals surface area contributed by atoms with Crippen LogP contribution in [0.5, 0.6) is 11.5 Å². The Hall–Kier alpha value is -3.04. The molecule has 0 amide bonds. The van der Waals surface area contributed by atoms with Crippen molar-refractivity contribution in [3.8, 4) is 22.6 Å². The summed E-state index contributed by atoms with van der Waals surface area (Å²) in [5.41, 5.74) is 4.35. The van der Waals surface area contributed by atoms with E-state index < -0.39 is 11.4 Å². The molecule has 0 bridgehead atoms. The molecule has 0 saturated carbocycles. The van der Waals surface area contributed by atoms with Gasteiger partial charge in [0.05, 0.1) is 6.61 Å². The van der Waals surface area contributed by atoms with E-state index in [1.807, 2.05) is 43.3 Å². The van der Waals surface area contributed by atoms with Gasteiger partial charge in [0, 0.05) is 6.54 Å². The maximum atomic E-state index is 11.5. The first-order valence-electron chi connectivity index (χ1n) is 10.4. The molecule has 0 saturated heterocycles. The van der Waals surface area contributed by atoms with E-state index in [4.69, 9.17) is 19.1 Å². The first-order valence-corrected chi connectivity index (χ1v) is 10.4. The summed E-state index contributed by atoms with van der Waals surface area (Å²) in [6.45, 7) is 2.79. The maximum Gasteiger partial charge on any atom is 1.00 e. The summed E-state index contributed by atoms with van der Waals surface area (Å²) in [6.07, 6.45) is 0. The third kappa shape index (κ3) is 6.51. The number of ether oxygens (including phenoxy) is 2. The van der Waals surface area contributed by atoms with Crippen LogP contribution in [0.15, 0.2) is 80.8 Å². The molecule has 0 atom stereocenters. The van der Waals surface area contributed by atoms with Crippen molar-refractivity contribution in [1.82, 2.24) is 9.72 Å². The largest absolute Gasteiger partial charge is 1.00 e. The van der Waals surface area contributed by atoms with Crippen molar-refractivity contribution in [1.29, 1.82) is 0 Å². The quantitative estimate of drug-likeness (QED) is 0.336. The summed E-state index contributed by atoms with van der Waals surface area (Å²) in [6, 6.07) is 21.2. The molecule has 170 valence electrons. The molecular formula is C25H23N2NaO6. The number of rotatable bonds is 9. The number of aryl methyl sites for hydroxylation is 1. The van der Waals surface area contributed by atoms with Gasteiger partial charge in [-0.25, -0.2) is 4.79 Å². The van der Waals surface area contributed by atoms with Crippen molar-refractivity contribution >= 4 is 0 Å². The average molecular weight is 470 g/mol. The Kier molecular flexibility index (Phi) is 8.95. The van der Waals surface area contributed by atoms with Gasteiger partial charge in [-0.1, -0.05) is 36.4 Å². The van der Waals surface area contributed by atoms with Crippen LogP contribution in [0.3, 0.4) is 0 Å². The molecule has 8 nitrogen and oxygen atoms in total. The maximum absolute atomic E-state index is 11.5. The summed E-state index contributed by atoms with van der Waals surface area (Å²) < 4.78 is 17.0. The van der Waals surface area contributed by atoms with Crippen molar-refractivity contribution in [2.45, 2.75) is 20.1 Å². The first-order chi connectivity index (χ1) is 16.0. The van der Waals surface area contributed by atoms with Crippen LogP contribution in [0.2, 0.25) is 0 Å². The Bertz CT molecular complexity index is 1340. The van der Waals surface area contributed by atoms with Crippen LogP contribution >= 0.6 is 0 Å². The molecule has 0 radical (unpaired) electrons. The molecule has 4 aromatic rings. The number of hydrogen-bond acceptors (Lipinski definition) is 6. The van der Waals surface area contributed by atoms with Crippen LogP contribution in [-0.4, -0.2) is 23.1 Å². The third-order valence-corrected chi connectivity index (χ3v) is 5.04. The summed E-state index contributed by atoms with van der Waals surface area (Å²) in [5, 5.41) is 8.91. The van der Waals surface area contributed by atoms with Crippen LogP contribution in [0, 0.1) is 6.92 Å². The number of aromatic nitrogens is 2. The van der Waals surface area contributed by atoms with Gasteiger partial charge in [-0.3, -0.25) is 9.53 Å². The van der Waals surface area contributed by atoms with E-state index in [1.54, 1.807) is 24.3 Å². The van der Waals surface area contributed by atoms with E-state index in [-0.39, 0.29) is 49.3 Å². The number of hydrogen-bond donors (Lipinski definition) is 1. The molecule has 4 rings (SSSR count). The Morgan fingerprint density at radius 2 is 1.71 bits per heavy atom. The topological polar surface area (TPSA) is 105 Å². The molecule has 0 fully saturated rings. The number of nitrogens with zero attached hydrogens (tertiary/aromatic N) is 2. The molecule has 0 aliphatic rings. The molecule has 0 aliphatic heterocycles. The number of aliphatic hydroxyl groups is 1. The second-order valence-electron chi connectivity index (χ2n) is 7.47. The van der Waals surface area contributed by atoms with E-state index in [0.717, 1.165) is 38.3 Å². The van der Waals surface area contributed by atoms with E-state index in [1.165, 1.54) is 0 Å². The van der Waals surface area contributed by atoms with Crippen LogP contribution in [-0.2, 0) is 13.2 Å². The predicted octanol–water partition coefficient (Wildman–Crippen LogP) is -0.263. The van der Waals surface area contributed by atoms with Crippen molar-refractivity contribution in [2.75, 3.05) is 13.2 Å². The molecule has 3 aromatic carbocycles. The van der Waals surface area contributed by atoms with E-state index in [9.17, 15) is 9.59 Å². The Labute approximate surface area is 218 Å². The fourth-order valence-corrected chi connectivity index (χ4v) is 3.45. The molecular weight excluding hydrogens is 447 g/mol. The molecule has 0 spiro atoms. The minimum absolute atomic E-state index is 0. The minimum atomic E-state index is -0.900. The second-order valence-corrected chi connectivity index (χ2v) is 7.47. The van der Waals surface area contributed by atoms with Gasteiger partial charge in [0.15, 0.2) is 5.69 Å². The molecule has 9 heteroatoms. The normalized spacial score (nSPS) is 10.5. The Morgan fingerprint density at radius 3 is 2.38 bits per heavy atom. The molecule has 1 heterocycles. The fourth-order valence-electron chi connectivity index (χ4n) is 3.45. The average Bonchev–Trinajstić information content (AvgIpc) is 3.13. The summed E-state index contributed by atoms with van der Waals surface area (Å²) in [7, 11) is 0. The molecule has 0 aliphatic carbocycles. The number of aliphatic hydroxyl groups excluding tert-OH is 1. The smallest absolute Gasteiger partial charge is 0.491 e. The van der Waals surface area contributed by atoms with Gasteiger partial charge in [-0.15, -0.1) is 0 Å². The molecule has 1 N–H and O–H groups in total. The van der Waals surface area contributed by atoms with Gasteiger partial charge in [-0.05, 0) is 65.1 Å². The standard InChI is InChI=1S/C25H24N2O6.Na/c1-17-13-22(31-12-11-28)9-10-23(17)20-4-2-3-19(14-20)16-32-21-7-5-18(6-8-21)15-27-24(29)26-25(30)33-27;/h2-10,13-14,28H,11-12,15-16H2,1H3,(H,26,29,30);/q;+1/p-1.